The number of carbonyl (C=O) groups is 6. The highest BCUT2D eigenvalue weighted by atomic mass is 16.6. The third-order valence-electron chi connectivity index (χ3n) is 13.7. The van der Waals surface area contributed by atoms with Crippen LogP contribution in [0.15, 0.2) is 127 Å². The van der Waals surface area contributed by atoms with Gasteiger partial charge in [-0.2, -0.15) is 0 Å². The van der Waals surface area contributed by atoms with Gasteiger partial charge in [0.2, 0.25) is 23.6 Å². The number of fused-ring (bicyclic) bond motifs is 8. The van der Waals surface area contributed by atoms with Gasteiger partial charge in [0.25, 0.3) is 0 Å². The summed E-state index contributed by atoms with van der Waals surface area (Å²) in [5, 5.41) is 8.19. The van der Waals surface area contributed by atoms with E-state index in [9.17, 15) is 28.8 Å². The highest BCUT2D eigenvalue weighted by molar-refractivity contribution is 5.97. The quantitative estimate of drug-likeness (QED) is 0.175. The van der Waals surface area contributed by atoms with Crippen LogP contribution in [0, 0.1) is 0 Å². The SMILES string of the molecule is C[C@H]1C(=O)N(Cc2ccccc2)C2C[C@H](NC(=O)OCC3c4ccccc4-c4ccccc43)C(=O)N21.C[C@H]1C(=O)NC2C[C@H](NC(=O)OCC3c4ccccc4-c4ccccc43)C(=O)N21. The monoisotopic (exact) mass is 872 g/mol. The Kier molecular flexibility index (Phi) is 10.8. The Labute approximate surface area is 375 Å². The Balaban J connectivity index is 0.000000157. The predicted molar refractivity (Wildman–Crippen MR) is 239 cm³/mol. The summed E-state index contributed by atoms with van der Waals surface area (Å²) in [5.41, 5.74) is 10.2. The summed E-state index contributed by atoms with van der Waals surface area (Å²) in [6.45, 7) is 4.23. The molecule has 4 aliphatic heterocycles. The van der Waals surface area contributed by atoms with E-state index in [0.29, 0.717) is 19.4 Å². The zero-order chi connectivity index (χ0) is 44.9. The van der Waals surface area contributed by atoms with Crippen molar-refractivity contribution in [3.63, 3.8) is 0 Å². The first-order valence-corrected chi connectivity index (χ1v) is 22.1. The van der Waals surface area contributed by atoms with Gasteiger partial charge in [0.1, 0.15) is 49.7 Å². The number of rotatable bonds is 8. The molecular formula is C51H48N6O8. The van der Waals surface area contributed by atoms with Crippen molar-refractivity contribution in [2.24, 2.45) is 0 Å². The van der Waals surface area contributed by atoms with E-state index in [1.807, 2.05) is 78.9 Å². The van der Waals surface area contributed by atoms with Gasteiger partial charge in [-0.25, -0.2) is 9.59 Å². The molecule has 4 saturated heterocycles. The van der Waals surface area contributed by atoms with Crippen molar-refractivity contribution in [1.82, 2.24) is 30.7 Å². The maximum atomic E-state index is 13.1. The molecule has 14 heteroatoms. The maximum Gasteiger partial charge on any atom is 0.407 e. The molecule has 0 radical (unpaired) electrons. The Morgan fingerprint density at radius 1 is 0.554 bits per heavy atom. The number of nitrogens with one attached hydrogen (secondary N) is 3. The van der Waals surface area contributed by atoms with Crippen molar-refractivity contribution in [1.29, 1.82) is 0 Å². The molecule has 6 aliphatic rings. The Bertz CT molecular complexity index is 2640. The van der Waals surface area contributed by atoms with Crippen molar-refractivity contribution in [2.45, 2.75) is 81.6 Å². The van der Waals surface area contributed by atoms with Gasteiger partial charge in [0.15, 0.2) is 0 Å². The molecule has 14 nitrogen and oxygen atoms in total. The van der Waals surface area contributed by atoms with Crippen molar-refractivity contribution in [3.05, 3.63) is 155 Å². The number of amides is 6. The normalized spacial score (nSPS) is 23.4. The van der Waals surface area contributed by atoms with E-state index in [-0.39, 0.29) is 61.0 Å². The molecule has 6 atom stereocenters. The fourth-order valence-electron chi connectivity index (χ4n) is 10.5. The average molecular weight is 873 g/mol. The molecule has 330 valence electrons. The second kappa shape index (κ2) is 16.9. The molecule has 0 saturated carbocycles. The highest BCUT2D eigenvalue weighted by Crippen LogP contribution is 2.46. The lowest BCUT2D eigenvalue weighted by molar-refractivity contribution is -0.134. The van der Waals surface area contributed by atoms with Crippen LogP contribution in [0.3, 0.4) is 0 Å². The fourth-order valence-corrected chi connectivity index (χ4v) is 10.5. The minimum absolute atomic E-state index is 0.0325. The third kappa shape index (κ3) is 7.42. The molecule has 5 aromatic carbocycles. The summed E-state index contributed by atoms with van der Waals surface area (Å²) in [7, 11) is 0. The fraction of sp³-hybridized carbons (Fsp3) is 0.294. The van der Waals surface area contributed by atoms with Crippen LogP contribution in [0.4, 0.5) is 9.59 Å². The van der Waals surface area contributed by atoms with E-state index in [1.165, 1.54) is 4.90 Å². The van der Waals surface area contributed by atoms with Gasteiger partial charge >= 0.3 is 12.2 Å². The number of carbonyl (C=O) groups excluding carboxylic acids is 6. The zero-order valence-electron chi connectivity index (χ0n) is 35.9. The maximum absolute atomic E-state index is 13.1. The van der Waals surface area contributed by atoms with Crippen molar-refractivity contribution in [2.75, 3.05) is 13.2 Å². The number of hydrogen-bond donors (Lipinski definition) is 3. The molecule has 0 aromatic heterocycles. The summed E-state index contributed by atoms with van der Waals surface area (Å²) in [4.78, 5) is 80.2. The molecule has 2 unspecified atom stereocenters. The van der Waals surface area contributed by atoms with Crippen LogP contribution in [0.25, 0.3) is 22.3 Å². The second-order valence-electron chi connectivity index (χ2n) is 17.3. The molecule has 4 fully saturated rings. The Morgan fingerprint density at radius 3 is 1.46 bits per heavy atom. The summed E-state index contributed by atoms with van der Waals surface area (Å²) < 4.78 is 11.2. The smallest absolute Gasteiger partial charge is 0.407 e. The second-order valence-corrected chi connectivity index (χ2v) is 17.3. The molecule has 5 aromatic rings. The topological polar surface area (TPSA) is 167 Å². The van der Waals surface area contributed by atoms with Crippen LogP contribution < -0.4 is 16.0 Å². The first kappa shape index (κ1) is 41.5. The van der Waals surface area contributed by atoms with Gasteiger partial charge in [-0.3, -0.25) is 19.2 Å². The van der Waals surface area contributed by atoms with E-state index in [0.717, 1.165) is 50.1 Å². The molecule has 4 heterocycles. The largest absolute Gasteiger partial charge is 0.449 e. The molecule has 0 spiro atoms. The van der Waals surface area contributed by atoms with Gasteiger partial charge in [-0.05, 0) is 63.9 Å². The number of alkyl carbamates (subject to hydrolysis) is 2. The first-order valence-electron chi connectivity index (χ1n) is 22.1. The molecule has 0 bridgehead atoms. The van der Waals surface area contributed by atoms with Crippen LogP contribution >= 0.6 is 0 Å². The van der Waals surface area contributed by atoms with Crippen LogP contribution in [-0.2, 0) is 35.2 Å². The Hall–Kier alpha value is -7.48. The molecule has 65 heavy (non-hydrogen) atoms. The third-order valence-corrected chi connectivity index (χ3v) is 13.7. The molecular weight excluding hydrogens is 825 g/mol. The van der Waals surface area contributed by atoms with Gasteiger partial charge in [0.05, 0.1) is 0 Å². The van der Waals surface area contributed by atoms with Crippen molar-refractivity contribution >= 4 is 35.8 Å². The number of hydrogen-bond acceptors (Lipinski definition) is 8. The average Bonchev–Trinajstić information content (AvgIpc) is 4.12. The number of ether oxygens (including phenoxy) is 2. The predicted octanol–water partition coefficient (Wildman–Crippen LogP) is 5.85. The summed E-state index contributed by atoms with van der Waals surface area (Å²) >= 11 is 0. The number of nitrogens with zero attached hydrogens (tertiary/aromatic N) is 3. The van der Waals surface area contributed by atoms with Crippen LogP contribution in [0.2, 0.25) is 0 Å². The minimum Gasteiger partial charge on any atom is -0.449 e. The standard InChI is InChI=1S/C29H27N3O4.C22H21N3O4/c1-18-27(33)31(16-19-9-3-2-4-10-19)26-15-25(28(34)32(18)26)30-29(35)36-17-24-22-13-7-5-11-20(22)21-12-6-8-14-23(21)24;1-12-20(26)24-19-10-18(21(27)25(12)19)23-22(28)29-11-17-15-8-4-2-6-13(15)14-7-3-5-9-16(14)17/h2-14,18,24-26H,15-17H2,1H3,(H,30,35);2-9,12,17-19H,10-11H2,1H3,(H,23,28)(H,24,26)/t18-,25-,26?;12-,18-,19?/m00/s1. The molecule has 11 rings (SSSR count). The summed E-state index contributed by atoms with van der Waals surface area (Å²) in [6, 6.07) is 39.8. The van der Waals surface area contributed by atoms with E-state index in [2.05, 4.69) is 64.5 Å². The lowest BCUT2D eigenvalue weighted by atomic mass is 9.98. The first-order chi connectivity index (χ1) is 31.6. The van der Waals surface area contributed by atoms with E-state index >= 15 is 0 Å². The molecule has 3 N–H and O–H groups in total. The minimum atomic E-state index is -0.723. The van der Waals surface area contributed by atoms with Crippen LogP contribution in [0.1, 0.15) is 66.3 Å². The van der Waals surface area contributed by atoms with E-state index in [1.54, 1.807) is 23.6 Å². The zero-order valence-corrected chi connectivity index (χ0v) is 35.9. The lowest BCUT2D eigenvalue weighted by Crippen LogP contribution is -2.44. The van der Waals surface area contributed by atoms with Crippen molar-refractivity contribution < 1.29 is 38.2 Å². The van der Waals surface area contributed by atoms with Crippen LogP contribution in [-0.4, -0.2) is 100 Å². The van der Waals surface area contributed by atoms with E-state index < -0.39 is 36.4 Å². The highest BCUT2D eigenvalue weighted by Gasteiger charge is 2.54. The summed E-state index contributed by atoms with van der Waals surface area (Å²) in [6.07, 6.45) is -1.29. The van der Waals surface area contributed by atoms with Gasteiger partial charge in [0, 0.05) is 31.2 Å². The van der Waals surface area contributed by atoms with Crippen molar-refractivity contribution in [3.8, 4) is 22.3 Å². The lowest BCUT2D eigenvalue weighted by Gasteiger charge is -2.24. The van der Waals surface area contributed by atoms with E-state index in [4.69, 9.17) is 9.47 Å². The van der Waals surface area contributed by atoms with Crippen LogP contribution in [0.5, 0.6) is 0 Å². The molecule has 6 amide bonds. The van der Waals surface area contributed by atoms with Gasteiger partial charge in [-0.1, -0.05) is 127 Å². The van der Waals surface area contributed by atoms with Gasteiger partial charge < -0.3 is 40.1 Å². The van der Waals surface area contributed by atoms with Gasteiger partial charge in [-0.15, -0.1) is 0 Å². The molecule has 2 aliphatic carbocycles. The number of benzene rings is 5. The Morgan fingerprint density at radius 2 is 0.985 bits per heavy atom. The summed E-state index contributed by atoms with van der Waals surface area (Å²) in [5.74, 6) is -0.821.